The summed E-state index contributed by atoms with van der Waals surface area (Å²) in [6.07, 6.45) is 3.13. The van der Waals surface area contributed by atoms with E-state index in [1.54, 1.807) is 18.3 Å². The SMILES string of the molecule is CCc1ccc(S(=O)(=O)NCCc2ccn[nH]2)cc1. The van der Waals surface area contributed by atoms with E-state index in [2.05, 4.69) is 14.9 Å². The lowest BCUT2D eigenvalue weighted by atomic mass is 10.2. The van der Waals surface area contributed by atoms with Crippen molar-refractivity contribution >= 4 is 10.0 Å². The molecule has 0 radical (unpaired) electrons. The van der Waals surface area contributed by atoms with Crippen LogP contribution in [0.4, 0.5) is 0 Å². The summed E-state index contributed by atoms with van der Waals surface area (Å²) in [5.74, 6) is 0. The molecule has 2 N–H and O–H groups in total. The molecule has 0 amide bonds. The number of benzene rings is 1. The second-order valence-electron chi connectivity index (χ2n) is 4.23. The molecule has 2 aromatic rings. The summed E-state index contributed by atoms with van der Waals surface area (Å²) in [5.41, 5.74) is 2.03. The van der Waals surface area contributed by atoms with Crippen molar-refractivity contribution in [2.24, 2.45) is 0 Å². The van der Waals surface area contributed by atoms with E-state index >= 15 is 0 Å². The molecule has 0 saturated heterocycles. The van der Waals surface area contributed by atoms with Crippen molar-refractivity contribution in [2.75, 3.05) is 6.54 Å². The third-order valence-electron chi connectivity index (χ3n) is 2.89. The predicted molar refractivity (Wildman–Crippen MR) is 73.3 cm³/mol. The molecule has 0 atom stereocenters. The van der Waals surface area contributed by atoms with Crippen LogP contribution in [0.25, 0.3) is 0 Å². The minimum Gasteiger partial charge on any atom is -0.283 e. The second-order valence-corrected chi connectivity index (χ2v) is 5.99. The number of H-pyrrole nitrogens is 1. The van der Waals surface area contributed by atoms with Crippen LogP contribution in [0.15, 0.2) is 41.4 Å². The number of aryl methyl sites for hydroxylation is 1. The van der Waals surface area contributed by atoms with Gasteiger partial charge in [-0.1, -0.05) is 19.1 Å². The fourth-order valence-corrected chi connectivity index (χ4v) is 2.76. The summed E-state index contributed by atoms with van der Waals surface area (Å²) in [6, 6.07) is 8.77. The number of hydrogen-bond donors (Lipinski definition) is 2. The van der Waals surface area contributed by atoms with Gasteiger partial charge in [0.25, 0.3) is 0 Å². The Morgan fingerprint density at radius 3 is 2.53 bits per heavy atom. The molecule has 1 heterocycles. The molecular formula is C13H17N3O2S. The monoisotopic (exact) mass is 279 g/mol. The molecule has 6 heteroatoms. The van der Waals surface area contributed by atoms with Gasteiger partial charge in [-0.2, -0.15) is 5.10 Å². The van der Waals surface area contributed by atoms with Crippen molar-refractivity contribution in [1.29, 1.82) is 0 Å². The molecule has 0 saturated carbocycles. The van der Waals surface area contributed by atoms with Crippen molar-refractivity contribution in [1.82, 2.24) is 14.9 Å². The van der Waals surface area contributed by atoms with Crippen LogP contribution in [0.5, 0.6) is 0 Å². The van der Waals surface area contributed by atoms with E-state index in [4.69, 9.17) is 0 Å². The van der Waals surface area contributed by atoms with E-state index in [1.807, 2.05) is 25.1 Å². The van der Waals surface area contributed by atoms with Crippen LogP contribution < -0.4 is 4.72 Å². The first-order valence-electron chi connectivity index (χ1n) is 6.18. The van der Waals surface area contributed by atoms with E-state index in [9.17, 15) is 8.42 Å². The number of aromatic amines is 1. The Hall–Kier alpha value is -1.66. The van der Waals surface area contributed by atoms with Gasteiger partial charge in [0, 0.05) is 24.9 Å². The van der Waals surface area contributed by atoms with E-state index < -0.39 is 10.0 Å². The maximum Gasteiger partial charge on any atom is 0.240 e. The quantitative estimate of drug-likeness (QED) is 0.841. The van der Waals surface area contributed by atoms with Crippen molar-refractivity contribution in [2.45, 2.75) is 24.7 Å². The Labute approximate surface area is 113 Å². The van der Waals surface area contributed by atoms with Gasteiger partial charge < -0.3 is 0 Å². The lowest BCUT2D eigenvalue weighted by Gasteiger charge is -2.06. The van der Waals surface area contributed by atoms with Gasteiger partial charge in [-0.3, -0.25) is 5.10 Å². The zero-order chi connectivity index (χ0) is 13.7. The van der Waals surface area contributed by atoms with Crippen LogP contribution >= 0.6 is 0 Å². The highest BCUT2D eigenvalue weighted by Crippen LogP contribution is 2.10. The topological polar surface area (TPSA) is 74.8 Å². The molecule has 1 aromatic heterocycles. The zero-order valence-electron chi connectivity index (χ0n) is 10.8. The first-order valence-corrected chi connectivity index (χ1v) is 7.67. The van der Waals surface area contributed by atoms with E-state index in [-0.39, 0.29) is 0 Å². The maximum atomic E-state index is 12.0. The summed E-state index contributed by atoms with van der Waals surface area (Å²) in [4.78, 5) is 0.300. The maximum absolute atomic E-state index is 12.0. The Morgan fingerprint density at radius 1 is 1.21 bits per heavy atom. The Balaban J connectivity index is 1.97. The molecular weight excluding hydrogens is 262 g/mol. The van der Waals surface area contributed by atoms with Crippen molar-refractivity contribution in [3.05, 3.63) is 47.8 Å². The third-order valence-corrected chi connectivity index (χ3v) is 4.36. The fourth-order valence-electron chi connectivity index (χ4n) is 1.73. The minimum absolute atomic E-state index is 0.300. The van der Waals surface area contributed by atoms with Crippen LogP contribution in [-0.4, -0.2) is 25.2 Å². The van der Waals surface area contributed by atoms with Gasteiger partial charge >= 0.3 is 0 Å². The van der Waals surface area contributed by atoms with E-state index in [1.165, 1.54) is 0 Å². The van der Waals surface area contributed by atoms with Gasteiger partial charge in [-0.25, -0.2) is 13.1 Å². The molecule has 19 heavy (non-hydrogen) atoms. The molecule has 2 rings (SSSR count). The number of aromatic nitrogens is 2. The minimum atomic E-state index is -3.42. The number of nitrogens with zero attached hydrogens (tertiary/aromatic N) is 1. The van der Waals surface area contributed by atoms with Gasteiger partial charge in [-0.15, -0.1) is 0 Å². The molecule has 1 aromatic carbocycles. The molecule has 0 aliphatic rings. The first kappa shape index (κ1) is 13.8. The molecule has 5 nitrogen and oxygen atoms in total. The van der Waals surface area contributed by atoms with Crippen molar-refractivity contribution < 1.29 is 8.42 Å². The lowest BCUT2D eigenvalue weighted by Crippen LogP contribution is -2.26. The van der Waals surface area contributed by atoms with Gasteiger partial charge in [-0.05, 0) is 30.2 Å². The van der Waals surface area contributed by atoms with E-state index in [0.717, 1.165) is 17.7 Å². The molecule has 0 fully saturated rings. The molecule has 0 bridgehead atoms. The average molecular weight is 279 g/mol. The van der Waals surface area contributed by atoms with Crippen LogP contribution in [0.1, 0.15) is 18.2 Å². The summed E-state index contributed by atoms with van der Waals surface area (Å²) < 4.78 is 26.6. The fraction of sp³-hybridized carbons (Fsp3) is 0.308. The highest BCUT2D eigenvalue weighted by atomic mass is 32.2. The molecule has 0 spiro atoms. The normalized spacial score (nSPS) is 11.6. The standard InChI is InChI=1S/C13H17N3O2S/c1-2-11-3-5-13(6-4-11)19(17,18)15-10-8-12-7-9-14-16-12/h3-7,9,15H,2,8,10H2,1H3,(H,14,16). The van der Waals surface area contributed by atoms with Gasteiger partial charge in [0.15, 0.2) is 0 Å². The van der Waals surface area contributed by atoms with Gasteiger partial charge in [0.05, 0.1) is 4.90 Å². The van der Waals surface area contributed by atoms with Crippen LogP contribution in [0.2, 0.25) is 0 Å². The van der Waals surface area contributed by atoms with Crippen molar-refractivity contribution in [3.63, 3.8) is 0 Å². The van der Waals surface area contributed by atoms with Crippen LogP contribution in [-0.2, 0) is 22.9 Å². The number of rotatable bonds is 6. The van der Waals surface area contributed by atoms with Crippen molar-refractivity contribution in [3.8, 4) is 0 Å². The molecule has 0 unspecified atom stereocenters. The molecule has 0 aliphatic heterocycles. The van der Waals surface area contributed by atoms with E-state index in [0.29, 0.717) is 17.9 Å². The number of hydrogen-bond acceptors (Lipinski definition) is 3. The zero-order valence-corrected chi connectivity index (χ0v) is 11.6. The second kappa shape index (κ2) is 5.99. The first-order chi connectivity index (χ1) is 9.12. The van der Waals surface area contributed by atoms with Crippen LogP contribution in [0.3, 0.4) is 0 Å². The number of sulfonamides is 1. The van der Waals surface area contributed by atoms with Gasteiger partial charge in [0.1, 0.15) is 0 Å². The largest absolute Gasteiger partial charge is 0.283 e. The predicted octanol–water partition coefficient (Wildman–Crippen LogP) is 1.49. The highest BCUT2D eigenvalue weighted by Gasteiger charge is 2.12. The highest BCUT2D eigenvalue weighted by molar-refractivity contribution is 7.89. The van der Waals surface area contributed by atoms with Gasteiger partial charge in [0.2, 0.25) is 10.0 Å². The summed E-state index contributed by atoms with van der Waals surface area (Å²) >= 11 is 0. The van der Waals surface area contributed by atoms with Crippen LogP contribution in [0, 0.1) is 0 Å². The summed E-state index contributed by atoms with van der Waals surface area (Å²) in [6.45, 7) is 2.38. The smallest absolute Gasteiger partial charge is 0.240 e. The third kappa shape index (κ3) is 3.65. The average Bonchev–Trinajstić information content (AvgIpc) is 2.92. The summed E-state index contributed by atoms with van der Waals surface area (Å²) in [5, 5.41) is 6.61. The Bertz CT molecular complexity index is 604. The number of nitrogens with one attached hydrogen (secondary N) is 2. The lowest BCUT2D eigenvalue weighted by molar-refractivity contribution is 0.581. The Morgan fingerprint density at radius 2 is 1.95 bits per heavy atom. The molecule has 0 aliphatic carbocycles. The Kier molecular flexibility index (Phi) is 4.34. The summed E-state index contributed by atoms with van der Waals surface area (Å²) in [7, 11) is -3.42. The molecule has 102 valence electrons.